The lowest BCUT2D eigenvalue weighted by Gasteiger charge is -2.06. The van der Waals surface area contributed by atoms with Gasteiger partial charge in [-0.25, -0.2) is 9.37 Å². The van der Waals surface area contributed by atoms with Crippen molar-refractivity contribution in [1.82, 2.24) is 4.98 Å². The van der Waals surface area contributed by atoms with E-state index in [0.717, 1.165) is 10.0 Å². The third kappa shape index (κ3) is 3.51. The quantitative estimate of drug-likeness (QED) is 0.812. The molecule has 5 heteroatoms. The molecule has 0 amide bonds. The van der Waals surface area contributed by atoms with E-state index in [9.17, 15) is 4.39 Å². The minimum atomic E-state index is -0.475. The van der Waals surface area contributed by atoms with Crippen LogP contribution in [-0.2, 0) is 6.61 Å². The lowest BCUT2D eigenvalue weighted by atomic mass is 10.2. The Morgan fingerprint density at radius 1 is 1.12 bits per heavy atom. The molecule has 1 aromatic carbocycles. The molecule has 17 heavy (non-hydrogen) atoms. The van der Waals surface area contributed by atoms with Crippen molar-refractivity contribution >= 4 is 31.9 Å². The number of halogens is 3. The Hall–Kier alpha value is -0.940. The zero-order valence-electron chi connectivity index (χ0n) is 8.66. The average Bonchev–Trinajstić information content (AvgIpc) is 2.30. The average molecular weight is 361 g/mol. The number of rotatable bonds is 3. The van der Waals surface area contributed by atoms with Gasteiger partial charge in [0.1, 0.15) is 6.61 Å². The molecule has 0 radical (unpaired) electrons. The zero-order valence-corrected chi connectivity index (χ0v) is 11.8. The Kier molecular flexibility index (Phi) is 4.12. The Morgan fingerprint density at radius 3 is 2.47 bits per heavy atom. The number of nitrogens with zero attached hydrogens (tertiary/aromatic N) is 1. The van der Waals surface area contributed by atoms with Crippen molar-refractivity contribution in [2.45, 2.75) is 6.61 Å². The van der Waals surface area contributed by atoms with Crippen LogP contribution in [0.1, 0.15) is 5.56 Å². The lowest BCUT2D eigenvalue weighted by Crippen LogP contribution is -1.99. The molecule has 2 rings (SSSR count). The molecular weight excluding hydrogens is 353 g/mol. The van der Waals surface area contributed by atoms with Crippen LogP contribution in [0.2, 0.25) is 0 Å². The van der Waals surface area contributed by atoms with Gasteiger partial charge in [-0.05, 0) is 39.7 Å². The van der Waals surface area contributed by atoms with Crippen LogP contribution < -0.4 is 4.74 Å². The van der Waals surface area contributed by atoms with Crippen molar-refractivity contribution in [2.24, 2.45) is 0 Å². The molecule has 0 aliphatic carbocycles. The van der Waals surface area contributed by atoms with Crippen molar-refractivity contribution in [2.75, 3.05) is 0 Å². The fraction of sp³-hybridized carbons (Fsp3) is 0.0833. The molecule has 0 N–H and O–H groups in total. The summed E-state index contributed by atoms with van der Waals surface area (Å²) < 4.78 is 20.3. The molecule has 0 spiro atoms. The van der Waals surface area contributed by atoms with Crippen LogP contribution in [0.3, 0.4) is 0 Å². The molecule has 0 bridgehead atoms. The van der Waals surface area contributed by atoms with E-state index in [-0.39, 0.29) is 5.88 Å². The molecule has 0 aliphatic rings. The second-order valence-corrected chi connectivity index (χ2v) is 5.19. The summed E-state index contributed by atoms with van der Waals surface area (Å²) in [4.78, 5) is 3.86. The fourth-order valence-corrected chi connectivity index (χ4v) is 1.81. The van der Waals surface area contributed by atoms with E-state index >= 15 is 0 Å². The largest absolute Gasteiger partial charge is 0.471 e. The van der Waals surface area contributed by atoms with Gasteiger partial charge in [0.25, 0.3) is 5.88 Å². The molecule has 88 valence electrons. The molecule has 0 saturated heterocycles. The highest BCUT2D eigenvalue weighted by atomic mass is 79.9. The standard InChI is InChI=1S/C12H8Br2FNO/c13-9-3-1-8(2-4-9)7-17-12-11(15)5-10(14)6-16-12/h1-6H,7H2. The van der Waals surface area contributed by atoms with Crippen molar-refractivity contribution in [3.63, 3.8) is 0 Å². The van der Waals surface area contributed by atoms with E-state index in [1.54, 1.807) is 0 Å². The first kappa shape index (κ1) is 12.5. The van der Waals surface area contributed by atoms with E-state index in [2.05, 4.69) is 36.8 Å². The van der Waals surface area contributed by atoms with Gasteiger partial charge in [-0.1, -0.05) is 28.1 Å². The van der Waals surface area contributed by atoms with Crippen LogP contribution in [0.5, 0.6) is 5.88 Å². The summed E-state index contributed by atoms with van der Waals surface area (Å²) in [5.41, 5.74) is 0.956. The molecule has 0 unspecified atom stereocenters. The van der Waals surface area contributed by atoms with Crippen LogP contribution in [0.4, 0.5) is 4.39 Å². The fourth-order valence-electron chi connectivity index (χ4n) is 1.24. The highest BCUT2D eigenvalue weighted by Crippen LogP contribution is 2.19. The topological polar surface area (TPSA) is 22.1 Å². The maximum Gasteiger partial charge on any atom is 0.250 e. The number of benzene rings is 1. The maximum absolute atomic E-state index is 13.4. The van der Waals surface area contributed by atoms with Crippen LogP contribution in [-0.4, -0.2) is 4.98 Å². The Balaban J connectivity index is 2.04. The minimum absolute atomic E-state index is 0.0103. The number of hydrogen-bond acceptors (Lipinski definition) is 2. The van der Waals surface area contributed by atoms with Gasteiger partial charge in [-0.3, -0.25) is 0 Å². The van der Waals surface area contributed by atoms with Gasteiger partial charge in [-0.2, -0.15) is 0 Å². The Labute approximate surface area is 115 Å². The van der Waals surface area contributed by atoms with Crippen LogP contribution in [0, 0.1) is 5.82 Å². The first-order valence-corrected chi connectivity index (χ1v) is 6.42. The maximum atomic E-state index is 13.4. The lowest BCUT2D eigenvalue weighted by molar-refractivity contribution is 0.277. The van der Waals surface area contributed by atoms with Crippen LogP contribution in [0.15, 0.2) is 45.5 Å². The summed E-state index contributed by atoms with van der Waals surface area (Å²) in [7, 11) is 0. The van der Waals surface area contributed by atoms with Crippen molar-refractivity contribution in [3.8, 4) is 5.88 Å². The van der Waals surface area contributed by atoms with E-state index < -0.39 is 5.82 Å². The van der Waals surface area contributed by atoms with Crippen molar-refractivity contribution in [3.05, 3.63) is 56.9 Å². The molecule has 0 aliphatic heterocycles. The van der Waals surface area contributed by atoms with Gasteiger partial charge >= 0.3 is 0 Å². The van der Waals surface area contributed by atoms with Gasteiger partial charge in [0, 0.05) is 15.1 Å². The normalized spacial score (nSPS) is 10.3. The van der Waals surface area contributed by atoms with Gasteiger partial charge in [0.05, 0.1) is 0 Å². The highest BCUT2D eigenvalue weighted by Gasteiger charge is 2.05. The van der Waals surface area contributed by atoms with Gasteiger partial charge in [0.15, 0.2) is 5.82 Å². The Morgan fingerprint density at radius 2 is 1.82 bits per heavy atom. The summed E-state index contributed by atoms with van der Waals surface area (Å²) in [6, 6.07) is 8.94. The third-order valence-electron chi connectivity index (χ3n) is 2.06. The Bertz CT molecular complexity index is 516. The van der Waals surface area contributed by atoms with E-state index in [0.29, 0.717) is 11.1 Å². The second-order valence-electron chi connectivity index (χ2n) is 3.36. The smallest absolute Gasteiger partial charge is 0.250 e. The first-order chi connectivity index (χ1) is 8.15. The number of ether oxygens (including phenoxy) is 1. The zero-order chi connectivity index (χ0) is 12.3. The predicted octanol–water partition coefficient (Wildman–Crippen LogP) is 4.32. The summed E-state index contributed by atoms with van der Waals surface area (Å²) in [6.07, 6.45) is 1.50. The summed E-state index contributed by atoms with van der Waals surface area (Å²) in [6.45, 7) is 0.291. The van der Waals surface area contributed by atoms with Crippen LogP contribution >= 0.6 is 31.9 Å². The van der Waals surface area contributed by atoms with Crippen molar-refractivity contribution < 1.29 is 9.13 Å². The van der Waals surface area contributed by atoms with Crippen molar-refractivity contribution in [1.29, 1.82) is 0 Å². The van der Waals surface area contributed by atoms with Gasteiger partial charge in [0.2, 0.25) is 0 Å². The molecular formula is C12H8Br2FNO. The number of pyridine rings is 1. The van der Waals surface area contributed by atoms with Crippen LogP contribution in [0.25, 0.3) is 0 Å². The summed E-state index contributed by atoms with van der Waals surface area (Å²) >= 11 is 6.48. The molecule has 1 heterocycles. The van der Waals surface area contributed by atoms with E-state index in [4.69, 9.17) is 4.74 Å². The monoisotopic (exact) mass is 359 g/mol. The summed E-state index contributed by atoms with van der Waals surface area (Å²) in [5.74, 6) is -0.465. The second kappa shape index (κ2) is 5.60. The van der Waals surface area contributed by atoms with Gasteiger partial charge < -0.3 is 4.74 Å². The molecule has 0 saturated carbocycles. The molecule has 2 nitrogen and oxygen atoms in total. The molecule has 1 aromatic heterocycles. The molecule has 0 fully saturated rings. The highest BCUT2D eigenvalue weighted by molar-refractivity contribution is 9.10. The predicted molar refractivity (Wildman–Crippen MR) is 70.4 cm³/mol. The SMILES string of the molecule is Fc1cc(Br)cnc1OCc1ccc(Br)cc1. The van der Waals surface area contributed by atoms with E-state index in [1.165, 1.54) is 12.3 Å². The number of hydrogen-bond donors (Lipinski definition) is 0. The molecule has 0 atom stereocenters. The van der Waals surface area contributed by atoms with E-state index in [1.807, 2.05) is 24.3 Å². The number of aromatic nitrogens is 1. The first-order valence-electron chi connectivity index (χ1n) is 4.83. The van der Waals surface area contributed by atoms with Gasteiger partial charge in [-0.15, -0.1) is 0 Å². The third-order valence-corrected chi connectivity index (χ3v) is 3.03. The summed E-state index contributed by atoms with van der Waals surface area (Å²) in [5, 5.41) is 0. The minimum Gasteiger partial charge on any atom is -0.471 e. The molecule has 2 aromatic rings.